The monoisotopic (exact) mass is 272 g/mol. The average molecular weight is 272 g/mol. The fraction of sp³-hybridized carbons (Fsp3) is 1.00. The Hall–Kier alpha value is -0.0800. The van der Waals surface area contributed by atoms with Gasteiger partial charge in [-0.15, -0.1) is 0 Å². The van der Waals surface area contributed by atoms with Crippen LogP contribution in [0, 0.1) is 0 Å². The van der Waals surface area contributed by atoms with E-state index in [1.54, 1.807) is 0 Å². The van der Waals surface area contributed by atoms with E-state index in [2.05, 4.69) is 13.8 Å². The molecule has 0 rings (SSSR count). The van der Waals surface area contributed by atoms with Crippen LogP contribution in [0.5, 0.6) is 0 Å². The Labute approximate surface area is 120 Å². The Morgan fingerprint density at radius 3 is 1.21 bits per heavy atom. The lowest BCUT2D eigenvalue weighted by Gasteiger charge is -2.21. The van der Waals surface area contributed by atoms with Crippen LogP contribution in [0.25, 0.3) is 0 Å². The van der Waals surface area contributed by atoms with Gasteiger partial charge in [-0.1, -0.05) is 78.1 Å². The maximum absolute atomic E-state index is 9.87. The standard InChI is InChI=1S/C17H36O2/c1-3-5-7-9-10-12-14-16-17(18,19)15-13-11-8-6-4-2/h18-19H,3-16H2,1-2H3. The predicted molar refractivity (Wildman–Crippen MR) is 83.2 cm³/mol. The molecule has 2 heteroatoms. The fourth-order valence-corrected chi connectivity index (χ4v) is 2.50. The third-order valence-corrected chi connectivity index (χ3v) is 3.86. The SMILES string of the molecule is CCCCCCCCCC(O)(O)CCCCCCC. The van der Waals surface area contributed by atoms with Crippen molar-refractivity contribution in [1.82, 2.24) is 0 Å². The third-order valence-electron chi connectivity index (χ3n) is 3.86. The van der Waals surface area contributed by atoms with E-state index in [0.29, 0.717) is 12.8 Å². The smallest absolute Gasteiger partial charge is 0.162 e. The van der Waals surface area contributed by atoms with Crippen molar-refractivity contribution in [3.8, 4) is 0 Å². The van der Waals surface area contributed by atoms with Gasteiger partial charge in [-0.05, 0) is 12.8 Å². The van der Waals surface area contributed by atoms with Gasteiger partial charge in [0.2, 0.25) is 0 Å². The molecule has 0 fully saturated rings. The maximum Gasteiger partial charge on any atom is 0.162 e. The maximum atomic E-state index is 9.87. The van der Waals surface area contributed by atoms with Crippen LogP contribution in [-0.4, -0.2) is 16.0 Å². The van der Waals surface area contributed by atoms with Gasteiger partial charge in [-0.3, -0.25) is 0 Å². The van der Waals surface area contributed by atoms with E-state index < -0.39 is 5.79 Å². The normalized spacial score (nSPS) is 12.0. The Bertz CT molecular complexity index is 178. The van der Waals surface area contributed by atoms with Crippen molar-refractivity contribution >= 4 is 0 Å². The summed E-state index contributed by atoms with van der Waals surface area (Å²) >= 11 is 0. The lowest BCUT2D eigenvalue weighted by Crippen LogP contribution is -2.27. The molecule has 0 aliphatic heterocycles. The summed E-state index contributed by atoms with van der Waals surface area (Å²) in [6.07, 6.45) is 15.5. The number of hydrogen-bond acceptors (Lipinski definition) is 2. The topological polar surface area (TPSA) is 40.5 Å². The molecule has 116 valence electrons. The van der Waals surface area contributed by atoms with Crippen LogP contribution in [0.2, 0.25) is 0 Å². The first kappa shape index (κ1) is 18.9. The average Bonchev–Trinajstić information content (AvgIpc) is 2.37. The second kappa shape index (κ2) is 12.9. The molecule has 0 saturated heterocycles. The summed E-state index contributed by atoms with van der Waals surface area (Å²) < 4.78 is 0. The van der Waals surface area contributed by atoms with Crippen molar-refractivity contribution < 1.29 is 10.2 Å². The zero-order chi connectivity index (χ0) is 14.4. The van der Waals surface area contributed by atoms with Crippen LogP contribution in [0.3, 0.4) is 0 Å². The number of aliphatic hydroxyl groups is 2. The minimum atomic E-state index is -1.41. The summed E-state index contributed by atoms with van der Waals surface area (Å²) in [6.45, 7) is 4.43. The van der Waals surface area contributed by atoms with Crippen LogP contribution in [-0.2, 0) is 0 Å². The molecule has 0 aromatic rings. The van der Waals surface area contributed by atoms with Crippen LogP contribution in [0.15, 0.2) is 0 Å². The Balaban J connectivity index is 3.35. The molecule has 0 atom stereocenters. The summed E-state index contributed by atoms with van der Waals surface area (Å²) in [6, 6.07) is 0. The first-order valence-electron chi connectivity index (χ1n) is 8.57. The molecule has 0 aliphatic carbocycles. The zero-order valence-electron chi connectivity index (χ0n) is 13.3. The fourth-order valence-electron chi connectivity index (χ4n) is 2.50. The largest absolute Gasteiger partial charge is 0.366 e. The van der Waals surface area contributed by atoms with Crippen molar-refractivity contribution in [2.45, 2.75) is 110 Å². The van der Waals surface area contributed by atoms with E-state index in [0.717, 1.165) is 25.7 Å². The van der Waals surface area contributed by atoms with Gasteiger partial charge in [0.15, 0.2) is 5.79 Å². The quantitative estimate of drug-likeness (QED) is 0.338. The van der Waals surface area contributed by atoms with Gasteiger partial charge < -0.3 is 10.2 Å². The molecule has 19 heavy (non-hydrogen) atoms. The highest BCUT2D eigenvalue weighted by molar-refractivity contribution is 4.65. The summed E-state index contributed by atoms with van der Waals surface area (Å²) in [5.74, 6) is -1.41. The first-order chi connectivity index (χ1) is 9.12. The molecule has 0 aromatic heterocycles. The second-order valence-corrected chi connectivity index (χ2v) is 6.02. The summed E-state index contributed by atoms with van der Waals surface area (Å²) in [4.78, 5) is 0. The van der Waals surface area contributed by atoms with E-state index in [-0.39, 0.29) is 0 Å². The molecular weight excluding hydrogens is 236 g/mol. The second-order valence-electron chi connectivity index (χ2n) is 6.02. The number of hydrogen-bond donors (Lipinski definition) is 2. The molecule has 0 unspecified atom stereocenters. The Morgan fingerprint density at radius 1 is 0.526 bits per heavy atom. The summed E-state index contributed by atoms with van der Waals surface area (Å²) in [5, 5.41) is 19.7. The van der Waals surface area contributed by atoms with Gasteiger partial charge in [0.05, 0.1) is 0 Å². The van der Waals surface area contributed by atoms with E-state index in [1.807, 2.05) is 0 Å². The molecule has 0 radical (unpaired) electrons. The van der Waals surface area contributed by atoms with E-state index >= 15 is 0 Å². The van der Waals surface area contributed by atoms with Gasteiger partial charge in [-0.2, -0.15) is 0 Å². The molecule has 0 saturated carbocycles. The molecule has 0 aliphatic rings. The molecule has 2 N–H and O–H groups in total. The molecular formula is C17H36O2. The highest BCUT2D eigenvalue weighted by atomic mass is 16.5. The molecule has 0 amide bonds. The van der Waals surface area contributed by atoms with Crippen molar-refractivity contribution in [2.75, 3.05) is 0 Å². The van der Waals surface area contributed by atoms with Crippen molar-refractivity contribution in [3.05, 3.63) is 0 Å². The van der Waals surface area contributed by atoms with Gasteiger partial charge in [0.1, 0.15) is 0 Å². The van der Waals surface area contributed by atoms with Crippen LogP contribution in [0.4, 0.5) is 0 Å². The van der Waals surface area contributed by atoms with Crippen molar-refractivity contribution in [3.63, 3.8) is 0 Å². The lowest BCUT2D eigenvalue weighted by atomic mass is 9.99. The van der Waals surface area contributed by atoms with Gasteiger partial charge in [0, 0.05) is 12.8 Å². The van der Waals surface area contributed by atoms with Crippen LogP contribution < -0.4 is 0 Å². The van der Waals surface area contributed by atoms with E-state index in [1.165, 1.54) is 51.4 Å². The molecule has 0 spiro atoms. The van der Waals surface area contributed by atoms with Gasteiger partial charge >= 0.3 is 0 Å². The minimum absolute atomic E-state index is 0.548. The first-order valence-corrected chi connectivity index (χ1v) is 8.57. The summed E-state index contributed by atoms with van der Waals surface area (Å²) in [5.41, 5.74) is 0. The molecule has 0 bridgehead atoms. The van der Waals surface area contributed by atoms with E-state index in [9.17, 15) is 10.2 Å². The highest BCUT2D eigenvalue weighted by Gasteiger charge is 2.21. The number of unbranched alkanes of at least 4 members (excludes halogenated alkanes) is 10. The predicted octanol–water partition coefficient (Wildman–Crippen LogP) is 5.17. The third kappa shape index (κ3) is 14.1. The summed E-state index contributed by atoms with van der Waals surface area (Å²) in [7, 11) is 0. The molecule has 2 nitrogen and oxygen atoms in total. The molecule has 0 aromatic carbocycles. The van der Waals surface area contributed by atoms with Crippen LogP contribution in [0.1, 0.15) is 104 Å². The van der Waals surface area contributed by atoms with E-state index in [4.69, 9.17) is 0 Å². The van der Waals surface area contributed by atoms with Gasteiger partial charge in [-0.25, -0.2) is 0 Å². The molecule has 0 heterocycles. The number of rotatable bonds is 14. The zero-order valence-corrected chi connectivity index (χ0v) is 13.3. The minimum Gasteiger partial charge on any atom is -0.366 e. The Morgan fingerprint density at radius 2 is 0.842 bits per heavy atom. The lowest BCUT2D eigenvalue weighted by molar-refractivity contribution is -0.172. The van der Waals surface area contributed by atoms with Crippen molar-refractivity contribution in [1.29, 1.82) is 0 Å². The van der Waals surface area contributed by atoms with Crippen LogP contribution >= 0.6 is 0 Å². The highest BCUT2D eigenvalue weighted by Crippen LogP contribution is 2.20. The van der Waals surface area contributed by atoms with Crippen molar-refractivity contribution in [2.24, 2.45) is 0 Å². The van der Waals surface area contributed by atoms with Gasteiger partial charge in [0.25, 0.3) is 0 Å². The Kier molecular flexibility index (Phi) is 12.9.